The molecule has 0 radical (unpaired) electrons. The lowest BCUT2D eigenvalue weighted by atomic mass is 9.96. The molecule has 1 aromatic heterocycles. The van der Waals surface area contributed by atoms with E-state index in [0.717, 1.165) is 10.9 Å². The Balaban J connectivity index is 1.81. The summed E-state index contributed by atoms with van der Waals surface area (Å²) in [7, 11) is 1.51. The van der Waals surface area contributed by atoms with Gasteiger partial charge in [-0.15, -0.1) is 0 Å². The van der Waals surface area contributed by atoms with E-state index in [1.807, 2.05) is 13.8 Å². The predicted octanol–water partition coefficient (Wildman–Crippen LogP) is 3.32. The van der Waals surface area contributed by atoms with Crippen LogP contribution in [0.4, 0.5) is 19.0 Å². The van der Waals surface area contributed by atoms with Crippen LogP contribution >= 0.6 is 12.2 Å². The molecule has 1 amide bonds. The highest BCUT2D eigenvalue weighted by molar-refractivity contribution is 7.80. The van der Waals surface area contributed by atoms with Gasteiger partial charge in [0.05, 0.1) is 19.3 Å². The standard InChI is InChI=1S/C20H25F3N6O2S/c1-11(2)9-24-19(32)28-27-18(30)14-10-25-29-16(20(21,22)23)8-15(26-17(14)29)12-4-6-13(31-3)7-5-12/h4-7,10-11,15-16,26H,8-9H2,1-3H3,(H,27,30)(H2,24,28,32)/t15-,16+/m1/s1. The average molecular weight is 471 g/mol. The minimum atomic E-state index is -4.54. The molecule has 32 heavy (non-hydrogen) atoms. The number of hydrazine groups is 1. The lowest BCUT2D eigenvalue weighted by Gasteiger charge is -2.34. The van der Waals surface area contributed by atoms with Gasteiger partial charge < -0.3 is 15.4 Å². The molecule has 2 aromatic rings. The molecule has 8 nitrogen and oxygen atoms in total. The van der Waals surface area contributed by atoms with Crippen LogP contribution in [0.5, 0.6) is 5.75 Å². The van der Waals surface area contributed by atoms with Crippen molar-refractivity contribution < 1.29 is 22.7 Å². The first kappa shape index (κ1) is 23.6. The monoisotopic (exact) mass is 470 g/mol. The number of hydrogen-bond donors (Lipinski definition) is 4. The van der Waals surface area contributed by atoms with E-state index in [2.05, 4.69) is 26.6 Å². The van der Waals surface area contributed by atoms with Crippen molar-refractivity contribution in [2.75, 3.05) is 19.0 Å². The number of methoxy groups -OCH3 is 1. The number of nitrogens with zero attached hydrogens (tertiary/aromatic N) is 2. The number of benzene rings is 1. The van der Waals surface area contributed by atoms with Crippen LogP contribution in [0.3, 0.4) is 0 Å². The lowest BCUT2D eigenvalue weighted by Crippen LogP contribution is -2.47. The molecule has 2 heterocycles. The number of carbonyl (C=O) groups excluding carboxylic acids is 1. The highest BCUT2D eigenvalue weighted by Crippen LogP contribution is 2.44. The molecule has 0 spiro atoms. The molecule has 0 saturated heterocycles. The van der Waals surface area contributed by atoms with E-state index in [4.69, 9.17) is 17.0 Å². The minimum absolute atomic E-state index is 0.0141. The van der Waals surface area contributed by atoms with Gasteiger partial charge in [-0.25, -0.2) is 4.68 Å². The normalized spacial score (nSPS) is 17.8. The number of halogens is 3. The molecular formula is C20H25F3N6O2S. The second kappa shape index (κ2) is 9.63. The van der Waals surface area contributed by atoms with Crippen LogP contribution in [-0.2, 0) is 0 Å². The first-order valence-electron chi connectivity index (χ1n) is 9.99. The molecule has 0 saturated carbocycles. The SMILES string of the molecule is COc1ccc([C@H]2C[C@@H](C(F)(F)F)n3ncc(C(=O)NNC(=S)NCC(C)C)c3N2)cc1. The van der Waals surface area contributed by atoms with Gasteiger partial charge in [-0.3, -0.25) is 15.6 Å². The van der Waals surface area contributed by atoms with Crippen LogP contribution < -0.4 is 26.2 Å². The van der Waals surface area contributed by atoms with Crippen molar-refractivity contribution in [1.82, 2.24) is 25.9 Å². The van der Waals surface area contributed by atoms with Crippen LogP contribution in [-0.4, -0.2) is 40.6 Å². The van der Waals surface area contributed by atoms with Gasteiger partial charge in [0.25, 0.3) is 5.91 Å². The molecule has 1 aromatic carbocycles. The summed E-state index contributed by atoms with van der Waals surface area (Å²) in [6.45, 7) is 4.59. The number of anilines is 1. The Bertz CT molecular complexity index is 961. The average Bonchev–Trinajstić information content (AvgIpc) is 3.18. The summed E-state index contributed by atoms with van der Waals surface area (Å²) in [6, 6.07) is 4.17. The van der Waals surface area contributed by atoms with Gasteiger partial charge in [0.1, 0.15) is 17.1 Å². The fourth-order valence-corrected chi connectivity index (χ4v) is 3.44. The van der Waals surface area contributed by atoms with Crippen molar-refractivity contribution in [1.29, 1.82) is 0 Å². The minimum Gasteiger partial charge on any atom is -0.497 e. The molecule has 1 aliphatic heterocycles. The second-order valence-electron chi connectivity index (χ2n) is 7.80. The van der Waals surface area contributed by atoms with E-state index >= 15 is 0 Å². The summed E-state index contributed by atoms with van der Waals surface area (Å²) < 4.78 is 47.3. The maximum atomic E-state index is 13.8. The van der Waals surface area contributed by atoms with Crippen LogP contribution in [0.2, 0.25) is 0 Å². The first-order valence-corrected chi connectivity index (χ1v) is 10.4. The second-order valence-corrected chi connectivity index (χ2v) is 8.21. The summed E-state index contributed by atoms with van der Waals surface area (Å²) in [4.78, 5) is 12.7. The Morgan fingerprint density at radius 3 is 2.59 bits per heavy atom. The van der Waals surface area contributed by atoms with E-state index < -0.39 is 24.2 Å². The third kappa shape index (κ3) is 5.42. The van der Waals surface area contributed by atoms with Crippen molar-refractivity contribution in [3.05, 3.63) is 41.6 Å². The van der Waals surface area contributed by atoms with Gasteiger partial charge in [0.15, 0.2) is 11.2 Å². The Labute approximate surface area is 188 Å². The molecule has 0 aliphatic carbocycles. The van der Waals surface area contributed by atoms with E-state index in [1.54, 1.807) is 24.3 Å². The van der Waals surface area contributed by atoms with Crippen molar-refractivity contribution in [3.63, 3.8) is 0 Å². The molecule has 0 bridgehead atoms. The maximum Gasteiger partial charge on any atom is 0.410 e. The van der Waals surface area contributed by atoms with Crippen LogP contribution in [0, 0.1) is 5.92 Å². The van der Waals surface area contributed by atoms with Gasteiger partial charge >= 0.3 is 6.18 Å². The van der Waals surface area contributed by atoms with Crippen molar-refractivity contribution in [2.24, 2.45) is 5.92 Å². The molecule has 0 fully saturated rings. The summed E-state index contributed by atoms with van der Waals surface area (Å²) >= 11 is 5.08. The maximum absolute atomic E-state index is 13.8. The zero-order valence-corrected chi connectivity index (χ0v) is 18.6. The number of ether oxygens (including phenoxy) is 1. The summed E-state index contributed by atoms with van der Waals surface area (Å²) in [6.07, 6.45) is -3.70. The number of fused-ring (bicyclic) bond motifs is 1. The number of hydrogen-bond acceptors (Lipinski definition) is 5. The van der Waals surface area contributed by atoms with Gasteiger partial charge in [-0.05, 0) is 35.8 Å². The third-order valence-corrected chi connectivity index (χ3v) is 5.21. The highest BCUT2D eigenvalue weighted by Gasteiger charge is 2.47. The smallest absolute Gasteiger partial charge is 0.410 e. The fraction of sp³-hybridized carbons (Fsp3) is 0.450. The Morgan fingerprint density at radius 1 is 1.31 bits per heavy atom. The molecule has 174 valence electrons. The third-order valence-electron chi connectivity index (χ3n) is 4.96. The Kier molecular flexibility index (Phi) is 7.12. The fourth-order valence-electron chi connectivity index (χ4n) is 3.31. The number of amides is 1. The summed E-state index contributed by atoms with van der Waals surface area (Å²) in [5, 5.41) is 10.00. The largest absolute Gasteiger partial charge is 0.497 e. The number of nitrogens with one attached hydrogen (secondary N) is 4. The highest BCUT2D eigenvalue weighted by atomic mass is 32.1. The van der Waals surface area contributed by atoms with Crippen molar-refractivity contribution >= 4 is 29.1 Å². The molecule has 0 unspecified atom stereocenters. The van der Waals surface area contributed by atoms with E-state index in [0.29, 0.717) is 23.8 Å². The Morgan fingerprint density at radius 2 is 2.00 bits per heavy atom. The predicted molar refractivity (Wildman–Crippen MR) is 117 cm³/mol. The lowest BCUT2D eigenvalue weighted by molar-refractivity contribution is -0.173. The van der Waals surface area contributed by atoms with Crippen LogP contribution in [0.1, 0.15) is 48.3 Å². The molecular weight excluding hydrogens is 445 g/mol. The Hall–Kier alpha value is -3.02. The van der Waals surface area contributed by atoms with Crippen LogP contribution in [0.15, 0.2) is 30.5 Å². The number of aromatic nitrogens is 2. The van der Waals surface area contributed by atoms with Crippen LogP contribution in [0.25, 0.3) is 0 Å². The summed E-state index contributed by atoms with van der Waals surface area (Å²) in [5.74, 6) is 0.255. The van der Waals surface area contributed by atoms with Crippen molar-refractivity contribution in [2.45, 2.75) is 38.5 Å². The summed E-state index contributed by atoms with van der Waals surface area (Å²) in [5.41, 5.74) is 5.55. The van der Waals surface area contributed by atoms with Gasteiger partial charge in [0, 0.05) is 13.0 Å². The zero-order valence-electron chi connectivity index (χ0n) is 17.8. The molecule has 4 N–H and O–H groups in total. The molecule has 12 heteroatoms. The number of thiocarbonyl (C=S) groups is 1. The number of alkyl halides is 3. The molecule has 3 rings (SSSR count). The molecule has 1 aliphatic rings. The van der Waals surface area contributed by atoms with Gasteiger partial charge in [-0.2, -0.15) is 18.3 Å². The topological polar surface area (TPSA) is 92.2 Å². The first-order chi connectivity index (χ1) is 15.1. The van der Waals surface area contributed by atoms with Crippen molar-refractivity contribution in [3.8, 4) is 5.75 Å². The van der Waals surface area contributed by atoms with E-state index in [9.17, 15) is 18.0 Å². The van der Waals surface area contributed by atoms with E-state index in [1.165, 1.54) is 7.11 Å². The number of carbonyl (C=O) groups is 1. The van der Waals surface area contributed by atoms with Gasteiger partial charge in [0.2, 0.25) is 0 Å². The number of rotatable bonds is 5. The van der Waals surface area contributed by atoms with Gasteiger partial charge in [-0.1, -0.05) is 26.0 Å². The molecule has 2 atom stereocenters. The quantitative estimate of drug-likeness (QED) is 0.394. The zero-order chi connectivity index (χ0) is 23.5. The van der Waals surface area contributed by atoms with E-state index in [-0.39, 0.29) is 22.9 Å².